The number of amides is 3. The van der Waals surface area contributed by atoms with Gasteiger partial charge in [-0.25, -0.2) is 14.4 Å². The highest BCUT2D eigenvalue weighted by atomic mass is 16.5. The molecule has 8 heteroatoms. The minimum absolute atomic E-state index is 0.153. The molecular weight excluding hydrogens is 278 g/mol. The van der Waals surface area contributed by atoms with Crippen LogP contribution in [0.3, 0.4) is 0 Å². The number of methoxy groups -OCH3 is 1. The van der Waals surface area contributed by atoms with Crippen LogP contribution in [-0.2, 0) is 9.53 Å². The number of carbonyl (C=O) groups excluding carboxylic acids is 2. The number of urea groups is 1. The normalized spacial score (nSPS) is 28.6. The van der Waals surface area contributed by atoms with Crippen molar-refractivity contribution in [1.29, 1.82) is 0 Å². The first kappa shape index (κ1) is 15.4. The van der Waals surface area contributed by atoms with Crippen LogP contribution in [0.2, 0.25) is 0 Å². The van der Waals surface area contributed by atoms with Gasteiger partial charge in [0.25, 0.3) is 0 Å². The first-order valence-corrected chi connectivity index (χ1v) is 7.03. The highest BCUT2D eigenvalue weighted by molar-refractivity contribution is 5.86. The number of ether oxygens (including phenoxy) is 1. The van der Waals surface area contributed by atoms with Gasteiger partial charge in [-0.2, -0.15) is 0 Å². The maximum atomic E-state index is 12.5. The number of rotatable bonds is 2. The number of alkyl carbamates (subject to hydrolysis) is 1. The van der Waals surface area contributed by atoms with E-state index < -0.39 is 17.6 Å². The molecule has 2 rings (SSSR count). The number of nitrogens with one attached hydrogen (secondary N) is 1. The second-order valence-corrected chi connectivity index (χ2v) is 5.68. The monoisotopic (exact) mass is 299 g/mol. The van der Waals surface area contributed by atoms with Gasteiger partial charge in [0.15, 0.2) is 0 Å². The Morgan fingerprint density at radius 2 is 2.05 bits per heavy atom. The number of likely N-dealkylation sites (tertiary alicyclic amines) is 2. The third-order valence-corrected chi connectivity index (χ3v) is 4.30. The van der Waals surface area contributed by atoms with Gasteiger partial charge in [0.05, 0.1) is 13.2 Å². The van der Waals surface area contributed by atoms with Gasteiger partial charge in [-0.05, 0) is 26.2 Å². The van der Waals surface area contributed by atoms with Crippen LogP contribution in [0.5, 0.6) is 0 Å². The summed E-state index contributed by atoms with van der Waals surface area (Å²) < 4.78 is 4.53. The molecule has 0 spiro atoms. The standard InChI is InChI=1S/C13H21N3O5/c1-13(10(17)18)5-3-6-16(13)12(20)15-7-4-9(8-15)14-11(19)21-2/h9H,3-8H2,1-2H3,(H,14,19)(H,17,18). The Kier molecular flexibility index (Phi) is 4.24. The molecule has 2 fully saturated rings. The maximum Gasteiger partial charge on any atom is 0.407 e. The summed E-state index contributed by atoms with van der Waals surface area (Å²) in [6.07, 6.45) is 1.27. The molecule has 0 saturated carbocycles. The predicted molar refractivity (Wildman–Crippen MR) is 72.9 cm³/mol. The summed E-state index contributed by atoms with van der Waals surface area (Å²) in [6.45, 7) is 2.91. The van der Waals surface area contributed by atoms with E-state index in [0.29, 0.717) is 38.9 Å². The first-order valence-electron chi connectivity index (χ1n) is 7.03. The molecule has 0 aromatic heterocycles. The molecule has 2 atom stereocenters. The zero-order valence-electron chi connectivity index (χ0n) is 12.3. The lowest BCUT2D eigenvalue weighted by Gasteiger charge is -2.34. The Hall–Kier alpha value is -1.99. The van der Waals surface area contributed by atoms with Crippen molar-refractivity contribution in [2.24, 2.45) is 0 Å². The topological polar surface area (TPSA) is 99.2 Å². The maximum absolute atomic E-state index is 12.5. The Morgan fingerprint density at radius 3 is 2.67 bits per heavy atom. The summed E-state index contributed by atoms with van der Waals surface area (Å²) in [5.74, 6) is -0.975. The molecule has 8 nitrogen and oxygen atoms in total. The number of carboxylic acids is 1. The summed E-state index contributed by atoms with van der Waals surface area (Å²) >= 11 is 0. The van der Waals surface area contributed by atoms with Crippen molar-refractivity contribution in [2.45, 2.75) is 37.8 Å². The molecule has 2 unspecified atom stereocenters. The second-order valence-electron chi connectivity index (χ2n) is 5.68. The quantitative estimate of drug-likeness (QED) is 0.772. The molecule has 3 amide bonds. The van der Waals surface area contributed by atoms with E-state index in [4.69, 9.17) is 0 Å². The highest BCUT2D eigenvalue weighted by Gasteiger charge is 2.47. The third kappa shape index (κ3) is 2.88. The van der Waals surface area contributed by atoms with E-state index in [1.165, 1.54) is 12.0 Å². The predicted octanol–water partition coefficient (Wildman–Crippen LogP) is 0.476. The van der Waals surface area contributed by atoms with Crippen LogP contribution in [0.1, 0.15) is 26.2 Å². The van der Waals surface area contributed by atoms with Gasteiger partial charge < -0.3 is 25.0 Å². The zero-order chi connectivity index (χ0) is 15.6. The van der Waals surface area contributed by atoms with E-state index in [-0.39, 0.29) is 12.1 Å². The fraction of sp³-hybridized carbons (Fsp3) is 0.769. The fourth-order valence-corrected chi connectivity index (χ4v) is 2.94. The van der Waals surface area contributed by atoms with E-state index in [2.05, 4.69) is 10.1 Å². The number of hydrogen-bond acceptors (Lipinski definition) is 4. The Bertz CT molecular complexity index is 455. The van der Waals surface area contributed by atoms with E-state index in [1.54, 1.807) is 11.8 Å². The van der Waals surface area contributed by atoms with Gasteiger partial charge >= 0.3 is 18.1 Å². The summed E-state index contributed by atoms with van der Waals surface area (Å²) in [7, 11) is 1.29. The third-order valence-electron chi connectivity index (χ3n) is 4.30. The van der Waals surface area contributed by atoms with Crippen molar-refractivity contribution in [3.63, 3.8) is 0 Å². The molecule has 0 radical (unpaired) electrons. The molecule has 2 saturated heterocycles. The molecule has 2 N–H and O–H groups in total. The summed E-state index contributed by atoms with van der Waals surface area (Å²) in [4.78, 5) is 38.1. The van der Waals surface area contributed by atoms with Crippen LogP contribution in [0.15, 0.2) is 0 Å². The van der Waals surface area contributed by atoms with Crippen molar-refractivity contribution in [2.75, 3.05) is 26.7 Å². The fourth-order valence-electron chi connectivity index (χ4n) is 2.94. The second kappa shape index (κ2) is 5.79. The molecule has 2 aliphatic rings. The lowest BCUT2D eigenvalue weighted by atomic mass is 10.00. The van der Waals surface area contributed by atoms with Gasteiger partial charge in [-0.3, -0.25) is 0 Å². The molecule has 2 heterocycles. The molecule has 118 valence electrons. The number of nitrogens with zero attached hydrogens (tertiary/aromatic N) is 2. The SMILES string of the molecule is COC(=O)NC1CCN(C(=O)N2CCCC2(C)C(=O)O)C1. The van der Waals surface area contributed by atoms with Crippen LogP contribution >= 0.6 is 0 Å². The number of carbonyl (C=O) groups is 3. The molecule has 0 aromatic carbocycles. The van der Waals surface area contributed by atoms with Crippen LogP contribution in [0.4, 0.5) is 9.59 Å². The van der Waals surface area contributed by atoms with E-state index in [1.807, 2.05) is 0 Å². The first-order chi connectivity index (χ1) is 9.88. The minimum Gasteiger partial charge on any atom is -0.480 e. The van der Waals surface area contributed by atoms with Crippen molar-refractivity contribution < 1.29 is 24.2 Å². The van der Waals surface area contributed by atoms with Crippen molar-refractivity contribution in [3.05, 3.63) is 0 Å². The van der Waals surface area contributed by atoms with Gasteiger partial charge in [0.2, 0.25) is 0 Å². The Balaban J connectivity index is 1.98. The van der Waals surface area contributed by atoms with Gasteiger partial charge in [-0.15, -0.1) is 0 Å². The van der Waals surface area contributed by atoms with Crippen molar-refractivity contribution in [3.8, 4) is 0 Å². The summed E-state index contributed by atoms with van der Waals surface area (Å²) in [5, 5.41) is 12.0. The molecular formula is C13H21N3O5. The van der Waals surface area contributed by atoms with E-state index in [9.17, 15) is 19.5 Å². The van der Waals surface area contributed by atoms with Crippen LogP contribution in [0, 0.1) is 0 Å². The summed E-state index contributed by atoms with van der Waals surface area (Å²) in [6, 6.07) is -0.424. The largest absolute Gasteiger partial charge is 0.480 e. The Morgan fingerprint density at radius 1 is 1.33 bits per heavy atom. The minimum atomic E-state index is -1.13. The van der Waals surface area contributed by atoms with Crippen molar-refractivity contribution >= 4 is 18.1 Å². The lowest BCUT2D eigenvalue weighted by molar-refractivity contribution is -0.147. The zero-order valence-corrected chi connectivity index (χ0v) is 12.3. The highest BCUT2D eigenvalue weighted by Crippen LogP contribution is 2.31. The van der Waals surface area contributed by atoms with Gasteiger partial charge in [0.1, 0.15) is 5.54 Å². The van der Waals surface area contributed by atoms with Gasteiger partial charge in [0, 0.05) is 19.6 Å². The molecule has 2 aliphatic heterocycles. The van der Waals surface area contributed by atoms with E-state index >= 15 is 0 Å². The smallest absolute Gasteiger partial charge is 0.407 e. The van der Waals surface area contributed by atoms with Crippen LogP contribution in [-0.4, -0.2) is 71.3 Å². The van der Waals surface area contributed by atoms with E-state index in [0.717, 1.165) is 0 Å². The Labute approximate surface area is 123 Å². The number of hydrogen-bond donors (Lipinski definition) is 2. The van der Waals surface area contributed by atoms with Gasteiger partial charge in [-0.1, -0.05) is 0 Å². The average molecular weight is 299 g/mol. The molecule has 0 aromatic rings. The lowest BCUT2D eigenvalue weighted by Crippen LogP contribution is -2.55. The number of aliphatic carboxylic acids is 1. The molecule has 0 bridgehead atoms. The summed E-state index contributed by atoms with van der Waals surface area (Å²) in [5.41, 5.74) is -1.13. The molecule has 21 heavy (non-hydrogen) atoms. The van der Waals surface area contributed by atoms with Crippen LogP contribution < -0.4 is 5.32 Å². The van der Waals surface area contributed by atoms with Crippen molar-refractivity contribution in [1.82, 2.24) is 15.1 Å². The molecule has 0 aliphatic carbocycles. The average Bonchev–Trinajstić information content (AvgIpc) is 3.05. The number of carboxylic acid groups (broad SMARTS) is 1. The van der Waals surface area contributed by atoms with Crippen LogP contribution in [0.25, 0.3) is 0 Å².